The summed E-state index contributed by atoms with van der Waals surface area (Å²) in [7, 11) is 0. The molecule has 2 atom stereocenters. The van der Waals surface area contributed by atoms with Crippen molar-refractivity contribution in [3.05, 3.63) is 41.4 Å². The third kappa shape index (κ3) is 8.98. The fourth-order valence-electron chi connectivity index (χ4n) is 3.07. The summed E-state index contributed by atoms with van der Waals surface area (Å²) in [5.41, 5.74) is 7.07. The molecular formula is C22H26N4O7S. The lowest BCUT2D eigenvalue weighted by molar-refractivity contribution is -0.139. The molecule has 182 valence electrons. The molecule has 1 aromatic carbocycles. The number of thiazole rings is 1. The molecule has 0 bridgehead atoms. The maximum Gasteiger partial charge on any atom is 0.303 e. The maximum atomic E-state index is 12.6. The maximum absolute atomic E-state index is 12.6. The Balaban J connectivity index is 1.95. The highest BCUT2D eigenvalue weighted by atomic mass is 32.1. The van der Waals surface area contributed by atoms with E-state index in [9.17, 15) is 24.0 Å². The quantitative estimate of drug-likeness (QED) is 0.258. The van der Waals surface area contributed by atoms with Gasteiger partial charge in [-0.05, 0) is 24.8 Å². The van der Waals surface area contributed by atoms with Gasteiger partial charge in [0.15, 0.2) is 0 Å². The van der Waals surface area contributed by atoms with Crippen molar-refractivity contribution in [3.8, 4) is 10.6 Å². The fraction of sp³-hybridized carbons (Fsp3) is 0.364. The Morgan fingerprint density at radius 3 is 2.06 bits per heavy atom. The number of carboxylic acid groups (broad SMARTS) is 2. The molecule has 2 rings (SSSR count). The molecule has 1 heterocycles. The molecule has 6 N–H and O–H groups in total. The number of aliphatic carboxylic acids is 2. The number of carboxylic acids is 2. The van der Waals surface area contributed by atoms with Crippen molar-refractivity contribution >= 4 is 41.0 Å². The predicted octanol–water partition coefficient (Wildman–Crippen LogP) is 0.927. The molecule has 0 spiro atoms. The minimum absolute atomic E-state index is 0.0473. The van der Waals surface area contributed by atoms with Crippen LogP contribution in [0.5, 0.6) is 0 Å². The molecule has 1 aromatic heterocycles. The summed E-state index contributed by atoms with van der Waals surface area (Å²) in [6.07, 6.45) is 0.916. The largest absolute Gasteiger partial charge is 0.481 e. The van der Waals surface area contributed by atoms with E-state index in [2.05, 4.69) is 15.6 Å². The minimum atomic E-state index is -1.26. The number of rotatable bonds is 14. The van der Waals surface area contributed by atoms with E-state index in [0.29, 0.717) is 6.42 Å². The molecule has 0 aliphatic rings. The van der Waals surface area contributed by atoms with E-state index in [1.54, 1.807) is 6.20 Å². The second-order valence-corrected chi connectivity index (χ2v) is 8.38. The van der Waals surface area contributed by atoms with Gasteiger partial charge < -0.3 is 26.6 Å². The topological polar surface area (TPSA) is 189 Å². The van der Waals surface area contributed by atoms with Crippen LogP contribution in [0.2, 0.25) is 0 Å². The Morgan fingerprint density at radius 1 is 0.912 bits per heavy atom. The average molecular weight is 491 g/mol. The number of carbonyl (C=O) groups excluding carboxylic acids is 3. The van der Waals surface area contributed by atoms with Gasteiger partial charge in [-0.3, -0.25) is 24.0 Å². The Morgan fingerprint density at radius 2 is 1.53 bits per heavy atom. The van der Waals surface area contributed by atoms with E-state index in [1.165, 1.54) is 11.3 Å². The zero-order valence-corrected chi connectivity index (χ0v) is 19.0. The normalized spacial score (nSPS) is 12.4. The zero-order valence-electron chi connectivity index (χ0n) is 18.2. The lowest BCUT2D eigenvalue weighted by atomic mass is 10.1. The number of benzene rings is 1. The van der Waals surface area contributed by atoms with Gasteiger partial charge in [-0.15, -0.1) is 11.3 Å². The number of hydrogen-bond donors (Lipinski definition) is 5. The highest BCUT2D eigenvalue weighted by Crippen LogP contribution is 2.22. The summed E-state index contributed by atoms with van der Waals surface area (Å²) in [6, 6.07) is 5.07. The van der Waals surface area contributed by atoms with E-state index < -0.39 is 54.6 Å². The fourth-order valence-corrected chi connectivity index (χ4v) is 3.71. The molecular weight excluding hydrogens is 464 g/mol. The van der Waals surface area contributed by atoms with E-state index in [-0.39, 0.29) is 19.3 Å². The molecule has 0 radical (unpaired) electrons. The minimum Gasteiger partial charge on any atom is -0.481 e. The first-order valence-electron chi connectivity index (χ1n) is 10.5. The summed E-state index contributed by atoms with van der Waals surface area (Å²) < 4.78 is 0. The lowest BCUT2D eigenvalue weighted by Gasteiger charge is -2.21. The predicted molar refractivity (Wildman–Crippen MR) is 123 cm³/mol. The lowest BCUT2D eigenvalue weighted by Crippen LogP contribution is -2.53. The number of aromatic nitrogens is 1. The van der Waals surface area contributed by atoms with Crippen molar-refractivity contribution in [2.75, 3.05) is 0 Å². The van der Waals surface area contributed by atoms with Crippen LogP contribution < -0.4 is 16.4 Å². The van der Waals surface area contributed by atoms with Crippen LogP contribution in [0.4, 0.5) is 0 Å². The number of nitrogens with two attached hydrogens (primary N) is 1. The van der Waals surface area contributed by atoms with Gasteiger partial charge in [0.25, 0.3) is 0 Å². The number of amides is 3. The summed E-state index contributed by atoms with van der Waals surface area (Å²) in [4.78, 5) is 62.5. The van der Waals surface area contributed by atoms with Crippen molar-refractivity contribution in [1.82, 2.24) is 15.6 Å². The summed E-state index contributed by atoms with van der Waals surface area (Å²) in [5.74, 6) is -4.55. The average Bonchev–Trinajstić information content (AvgIpc) is 3.32. The second kappa shape index (κ2) is 13.0. The van der Waals surface area contributed by atoms with Gasteiger partial charge in [0.05, 0.1) is 0 Å². The van der Waals surface area contributed by atoms with E-state index in [4.69, 9.17) is 15.9 Å². The standard InChI is InChI=1S/C22H26N4O7S/c23-20(32)15(6-9-18(28)29)26-21(33)16(7-10-19(30)31)25-17(27)8-3-13-1-4-14(5-2-13)22-24-11-12-34-22/h1-2,4-5,11-12,15-16H,3,6-10H2,(H2,23,32)(H,25,27)(H,26,33)(H,28,29)(H,30,31)/t15-,16-/m0/s1. The molecule has 0 fully saturated rings. The van der Waals surface area contributed by atoms with E-state index >= 15 is 0 Å². The van der Waals surface area contributed by atoms with Crippen molar-refractivity contribution in [1.29, 1.82) is 0 Å². The third-order valence-corrected chi connectivity index (χ3v) is 5.70. The molecule has 12 heteroatoms. The first-order chi connectivity index (χ1) is 16.2. The Labute approximate surface area is 199 Å². The van der Waals surface area contributed by atoms with Crippen LogP contribution in [0.3, 0.4) is 0 Å². The van der Waals surface area contributed by atoms with Crippen LogP contribution in [0, 0.1) is 0 Å². The molecule has 0 saturated heterocycles. The van der Waals surface area contributed by atoms with Gasteiger partial charge >= 0.3 is 11.9 Å². The number of hydrogen-bond acceptors (Lipinski definition) is 7. The monoisotopic (exact) mass is 490 g/mol. The van der Waals surface area contributed by atoms with Gasteiger partial charge in [0, 0.05) is 36.4 Å². The van der Waals surface area contributed by atoms with Gasteiger partial charge in [0.1, 0.15) is 17.1 Å². The van der Waals surface area contributed by atoms with E-state index in [1.807, 2.05) is 29.6 Å². The Kier molecular flexibility index (Phi) is 10.1. The van der Waals surface area contributed by atoms with Crippen molar-refractivity contribution in [2.45, 2.75) is 50.6 Å². The number of carbonyl (C=O) groups is 5. The number of nitrogens with one attached hydrogen (secondary N) is 2. The van der Waals surface area contributed by atoms with E-state index in [0.717, 1.165) is 16.1 Å². The number of nitrogens with zero attached hydrogens (tertiary/aromatic N) is 1. The Bertz CT molecular complexity index is 1010. The number of aryl methyl sites for hydroxylation is 1. The Hall–Kier alpha value is -3.80. The molecule has 0 aliphatic heterocycles. The van der Waals surface area contributed by atoms with Crippen LogP contribution >= 0.6 is 11.3 Å². The van der Waals surface area contributed by atoms with Gasteiger partial charge in [0.2, 0.25) is 17.7 Å². The molecule has 0 aliphatic carbocycles. The smallest absolute Gasteiger partial charge is 0.303 e. The SMILES string of the molecule is NC(=O)[C@H](CCC(=O)O)NC(=O)[C@H](CCC(=O)O)NC(=O)CCc1ccc(-c2nccs2)cc1. The zero-order chi connectivity index (χ0) is 25.1. The van der Waals surface area contributed by atoms with Crippen LogP contribution in [0.1, 0.15) is 37.7 Å². The highest BCUT2D eigenvalue weighted by Gasteiger charge is 2.26. The van der Waals surface area contributed by atoms with Crippen LogP contribution in [0.25, 0.3) is 10.6 Å². The summed E-state index contributed by atoms with van der Waals surface area (Å²) in [5, 5.41) is 25.3. The van der Waals surface area contributed by atoms with Gasteiger partial charge in [-0.1, -0.05) is 24.3 Å². The van der Waals surface area contributed by atoms with Crippen LogP contribution in [-0.4, -0.2) is 56.9 Å². The molecule has 2 aromatic rings. The van der Waals surface area contributed by atoms with Gasteiger partial charge in [-0.2, -0.15) is 0 Å². The van der Waals surface area contributed by atoms with Crippen LogP contribution in [0.15, 0.2) is 35.8 Å². The third-order valence-electron chi connectivity index (χ3n) is 4.88. The molecule has 34 heavy (non-hydrogen) atoms. The first-order valence-corrected chi connectivity index (χ1v) is 11.3. The molecule has 11 nitrogen and oxygen atoms in total. The van der Waals surface area contributed by atoms with Crippen LogP contribution in [-0.2, 0) is 30.4 Å². The number of primary amides is 1. The van der Waals surface area contributed by atoms with Crippen molar-refractivity contribution in [3.63, 3.8) is 0 Å². The molecule has 0 saturated carbocycles. The van der Waals surface area contributed by atoms with Crippen molar-refractivity contribution < 1.29 is 34.2 Å². The molecule has 3 amide bonds. The first kappa shape index (κ1) is 26.5. The molecule has 0 unspecified atom stereocenters. The van der Waals surface area contributed by atoms with Crippen molar-refractivity contribution in [2.24, 2.45) is 5.73 Å². The summed E-state index contributed by atoms with van der Waals surface area (Å²) in [6.45, 7) is 0. The van der Waals surface area contributed by atoms with Gasteiger partial charge in [-0.25, -0.2) is 4.98 Å². The summed E-state index contributed by atoms with van der Waals surface area (Å²) >= 11 is 1.51. The highest BCUT2D eigenvalue weighted by molar-refractivity contribution is 7.13. The second-order valence-electron chi connectivity index (χ2n) is 7.48.